The van der Waals surface area contributed by atoms with Crippen LogP contribution in [-0.4, -0.2) is 37.9 Å². The number of allylic oxidation sites excluding steroid dienone is 10. The lowest BCUT2D eigenvalue weighted by atomic mass is 10.0. The van der Waals surface area contributed by atoms with Gasteiger partial charge in [-0.1, -0.05) is 242 Å². The monoisotopic (exact) mass is 839 g/mol. The summed E-state index contributed by atoms with van der Waals surface area (Å²) in [7, 11) is 0. The fourth-order valence-corrected chi connectivity index (χ4v) is 7.25. The Morgan fingerprint density at radius 1 is 0.383 bits per heavy atom. The Morgan fingerprint density at radius 2 is 0.750 bits per heavy atom. The van der Waals surface area contributed by atoms with Crippen molar-refractivity contribution in [3.05, 3.63) is 60.8 Å². The lowest BCUT2D eigenvalue weighted by Crippen LogP contribution is -2.30. The molecule has 0 rings (SSSR count). The van der Waals surface area contributed by atoms with Gasteiger partial charge in [-0.25, -0.2) is 0 Å². The summed E-state index contributed by atoms with van der Waals surface area (Å²) in [5.74, 6) is -0.463. The van der Waals surface area contributed by atoms with Gasteiger partial charge in [0.2, 0.25) is 0 Å². The molecule has 0 aromatic carbocycles. The van der Waals surface area contributed by atoms with E-state index in [9.17, 15) is 9.59 Å². The van der Waals surface area contributed by atoms with Crippen LogP contribution < -0.4 is 0 Å². The van der Waals surface area contributed by atoms with E-state index in [-0.39, 0.29) is 25.2 Å². The molecule has 60 heavy (non-hydrogen) atoms. The van der Waals surface area contributed by atoms with Gasteiger partial charge in [-0.2, -0.15) is 0 Å². The highest BCUT2D eigenvalue weighted by atomic mass is 16.6. The van der Waals surface area contributed by atoms with Crippen LogP contribution in [-0.2, 0) is 23.8 Å². The smallest absolute Gasteiger partial charge is 0.306 e. The average molecular weight is 839 g/mol. The summed E-state index contributed by atoms with van der Waals surface area (Å²) >= 11 is 0. The maximum absolute atomic E-state index is 12.7. The zero-order chi connectivity index (χ0) is 43.5. The molecule has 0 bridgehead atoms. The van der Waals surface area contributed by atoms with Crippen LogP contribution in [0.5, 0.6) is 0 Å². The van der Waals surface area contributed by atoms with Gasteiger partial charge in [-0.15, -0.1) is 0 Å². The molecule has 0 aliphatic rings. The number of rotatable bonds is 47. The van der Waals surface area contributed by atoms with E-state index in [0.29, 0.717) is 19.4 Å². The fraction of sp³-hybridized carbons (Fsp3) is 0.782. The Balaban J connectivity index is 4.15. The highest BCUT2D eigenvalue weighted by Gasteiger charge is 2.17. The highest BCUT2D eigenvalue weighted by Crippen LogP contribution is 2.15. The van der Waals surface area contributed by atoms with Crippen molar-refractivity contribution >= 4 is 11.9 Å². The number of ether oxygens (including phenoxy) is 3. The van der Waals surface area contributed by atoms with Gasteiger partial charge < -0.3 is 14.2 Å². The lowest BCUT2D eigenvalue weighted by molar-refractivity contribution is -0.163. The van der Waals surface area contributed by atoms with Crippen LogP contribution in [0.4, 0.5) is 0 Å². The van der Waals surface area contributed by atoms with Crippen LogP contribution in [0.25, 0.3) is 0 Å². The van der Waals surface area contributed by atoms with E-state index >= 15 is 0 Å². The second-order valence-electron chi connectivity index (χ2n) is 17.1. The van der Waals surface area contributed by atoms with Gasteiger partial charge in [0.1, 0.15) is 6.61 Å². The van der Waals surface area contributed by atoms with Crippen LogP contribution >= 0.6 is 0 Å². The standard InChI is InChI=1S/C55H98O5/c1-4-7-10-13-16-18-20-22-24-26-27-28-30-32-34-36-38-41-44-47-50-58-51-53(60-55(57)49-46-43-39-15-12-9-6-3)52-59-54(56)48-45-42-40-37-35-33-31-29-25-23-21-19-17-14-11-8-5-2/h8,11,17,19,23,25,31,33,37,40,53H,4-7,9-10,12-16,18,20-22,24,26-30,32,34-36,38-39,41-52H2,1-3H3/b11-8-,19-17-,25-23-,33-31-,40-37-. The zero-order valence-electron chi connectivity index (χ0n) is 40.0. The Morgan fingerprint density at radius 3 is 1.18 bits per heavy atom. The largest absolute Gasteiger partial charge is 0.462 e. The third-order valence-electron chi connectivity index (χ3n) is 11.1. The summed E-state index contributed by atoms with van der Waals surface area (Å²) in [5, 5.41) is 0. The van der Waals surface area contributed by atoms with Gasteiger partial charge in [0, 0.05) is 19.4 Å². The van der Waals surface area contributed by atoms with E-state index in [1.807, 2.05) is 0 Å². The van der Waals surface area contributed by atoms with Crippen LogP contribution in [0.2, 0.25) is 0 Å². The molecule has 0 aromatic rings. The zero-order valence-corrected chi connectivity index (χ0v) is 40.0. The van der Waals surface area contributed by atoms with Crippen molar-refractivity contribution in [2.45, 2.75) is 258 Å². The SMILES string of the molecule is CC/C=C\C/C=C\C/C=C\C/C=C\C/C=C\CCCC(=O)OCC(COCCCCCCCCCCCCCCCCCCCCCC)OC(=O)CCCCCCCCC. The summed E-state index contributed by atoms with van der Waals surface area (Å²) in [5.41, 5.74) is 0. The molecule has 5 nitrogen and oxygen atoms in total. The maximum atomic E-state index is 12.7. The molecule has 348 valence electrons. The molecule has 5 heteroatoms. The predicted molar refractivity (Wildman–Crippen MR) is 261 cm³/mol. The summed E-state index contributed by atoms with van der Waals surface area (Å²) in [6, 6.07) is 0. The molecule has 0 N–H and O–H groups in total. The molecule has 0 heterocycles. The van der Waals surface area contributed by atoms with Gasteiger partial charge in [-0.3, -0.25) is 9.59 Å². The van der Waals surface area contributed by atoms with Crippen molar-refractivity contribution < 1.29 is 23.8 Å². The number of carbonyl (C=O) groups excluding carboxylic acids is 2. The van der Waals surface area contributed by atoms with Gasteiger partial charge in [0.15, 0.2) is 6.10 Å². The minimum atomic E-state index is -0.554. The quantitative estimate of drug-likeness (QED) is 0.0347. The summed E-state index contributed by atoms with van der Waals surface area (Å²) < 4.78 is 17.3. The molecule has 0 saturated heterocycles. The van der Waals surface area contributed by atoms with Gasteiger partial charge >= 0.3 is 11.9 Å². The molecule has 0 aliphatic carbocycles. The van der Waals surface area contributed by atoms with Crippen LogP contribution in [0, 0.1) is 0 Å². The van der Waals surface area contributed by atoms with Crippen LogP contribution in [0.3, 0.4) is 0 Å². The molecule has 0 radical (unpaired) electrons. The van der Waals surface area contributed by atoms with E-state index in [1.54, 1.807) is 0 Å². The third-order valence-corrected chi connectivity index (χ3v) is 11.1. The molecule has 1 unspecified atom stereocenters. The molecule has 0 amide bonds. The maximum Gasteiger partial charge on any atom is 0.306 e. The molecule has 0 aromatic heterocycles. The lowest BCUT2D eigenvalue weighted by Gasteiger charge is -2.18. The van der Waals surface area contributed by atoms with Gasteiger partial charge in [-0.05, 0) is 57.8 Å². The summed E-state index contributed by atoms with van der Waals surface area (Å²) in [4.78, 5) is 25.2. The average Bonchev–Trinajstić information content (AvgIpc) is 3.25. The first-order chi connectivity index (χ1) is 29.6. The van der Waals surface area contributed by atoms with Gasteiger partial charge in [0.25, 0.3) is 0 Å². The van der Waals surface area contributed by atoms with E-state index in [2.05, 4.69) is 81.5 Å². The summed E-state index contributed by atoms with van der Waals surface area (Å²) in [6.45, 7) is 7.65. The first-order valence-electron chi connectivity index (χ1n) is 25.8. The topological polar surface area (TPSA) is 61.8 Å². The number of hydrogen-bond donors (Lipinski definition) is 0. The normalized spacial score (nSPS) is 12.7. The molecule has 0 saturated carbocycles. The van der Waals surface area contributed by atoms with E-state index < -0.39 is 6.10 Å². The second kappa shape index (κ2) is 51.0. The predicted octanol–water partition coefficient (Wildman–Crippen LogP) is 17.3. The van der Waals surface area contributed by atoms with Crippen LogP contribution in [0.15, 0.2) is 60.8 Å². The van der Waals surface area contributed by atoms with Crippen molar-refractivity contribution in [2.24, 2.45) is 0 Å². The molecular formula is C55H98O5. The number of unbranched alkanes of at least 4 members (excludes halogenated alkanes) is 26. The fourth-order valence-electron chi connectivity index (χ4n) is 7.25. The first kappa shape index (κ1) is 57.6. The van der Waals surface area contributed by atoms with Crippen molar-refractivity contribution in [3.8, 4) is 0 Å². The second-order valence-corrected chi connectivity index (χ2v) is 17.1. The molecule has 0 fully saturated rings. The van der Waals surface area contributed by atoms with E-state index in [0.717, 1.165) is 77.0 Å². The van der Waals surface area contributed by atoms with Gasteiger partial charge in [0.05, 0.1) is 6.61 Å². The van der Waals surface area contributed by atoms with Crippen molar-refractivity contribution in [3.63, 3.8) is 0 Å². The first-order valence-corrected chi connectivity index (χ1v) is 25.8. The van der Waals surface area contributed by atoms with E-state index in [4.69, 9.17) is 14.2 Å². The Bertz CT molecular complexity index is 1040. The minimum Gasteiger partial charge on any atom is -0.462 e. The number of carbonyl (C=O) groups is 2. The molecule has 0 aliphatic heterocycles. The van der Waals surface area contributed by atoms with E-state index in [1.165, 1.54) is 141 Å². The number of esters is 2. The van der Waals surface area contributed by atoms with Crippen molar-refractivity contribution in [1.29, 1.82) is 0 Å². The van der Waals surface area contributed by atoms with Crippen molar-refractivity contribution in [2.75, 3.05) is 19.8 Å². The molecule has 0 spiro atoms. The Kier molecular flexibility index (Phi) is 48.9. The van der Waals surface area contributed by atoms with Crippen molar-refractivity contribution in [1.82, 2.24) is 0 Å². The molecular weight excluding hydrogens is 741 g/mol. The summed E-state index contributed by atoms with van der Waals surface area (Å²) in [6.07, 6.45) is 64.0. The third kappa shape index (κ3) is 48.3. The Labute approximate surface area is 373 Å². The minimum absolute atomic E-state index is 0.0581. The number of hydrogen-bond acceptors (Lipinski definition) is 5. The Hall–Kier alpha value is -2.40. The highest BCUT2D eigenvalue weighted by molar-refractivity contribution is 5.70. The molecule has 1 atom stereocenters. The van der Waals surface area contributed by atoms with Crippen LogP contribution in [0.1, 0.15) is 252 Å².